The number of nitrogen functional groups attached to an aromatic ring is 1. The van der Waals surface area contributed by atoms with Gasteiger partial charge in [-0.1, -0.05) is 5.16 Å². The molecule has 3 rings (SSSR count). The number of rotatable bonds is 2. The van der Waals surface area contributed by atoms with Crippen LogP contribution in [0.15, 0.2) is 35.1 Å². The summed E-state index contributed by atoms with van der Waals surface area (Å²) in [7, 11) is 0. The lowest BCUT2D eigenvalue weighted by molar-refractivity contribution is 0.262. The van der Waals surface area contributed by atoms with Crippen LogP contribution in [0, 0.1) is 6.92 Å². The highest BCUT2D eigenvalue weighted by atomic mass is 16.5. The van der Waals surface area contributed by atoms with Gasteiger partial charge in [0.1, 0.15) is 17.9 Å². The molecule has 2 amide bonds. The van der Waals surface area contributed by atoms with Crippen molar-refractivity contribution in [2.24, 2.45) is 0 Å². The maximum Gasteiger partial charge on any atom is 0.324 e. The van der Waals surface area contributed by atoms with Crippen molar-refractivity contribution in [1.82, 2.24) is 15.1 Å². The zero-order chi connectivity index (χ0) is 14.8. The average Bonchev–Trinajstić information content (AvgIpc) is 2.85. The summed E-state index contributed by atoms with van der Waals surface area (Å²) in [6.45, 7) is 1.74. The van der Waals surface area contributed by atoms with Gasteiger partial charge in [-0.2, -0.15) is 0 Å². The number of aryl methyl sites for hydroxylation is 1. The number of carbonyl (C=O) groups is 1. The minimum atomic E-state index is -0.432. The van der Waals surface area contributed by atoms with Crippen molar-refractivity contribution >= 4 is 34.3 Å². The highest BCUT2D eigenvalue weighted by molar-refractivity contribution is 6.01. The normalized spacial score (nSPS) is 10.5. The van der Waals surface area contributed by atoms with Crippen LogP contribution in [0.1, 0.15) is 5.76 Å². The summed E-state index contributed by atoms with van der Waals surface area (Å²) in [6, 6.07) is 6.37. The molecule has 106 valence electrons. The Morgan fingerprint density at radius 2 is 2.10 bits per heavy atom. The molecule has 0 radical (unpaired) electrons. The number of carbonyl (C=O) groups excluding carboxylic acids is 1. The predicted octanol–water partition coefficient (Wildman–Crippen LogP) is 2.15. The van der Waals surface area contributed by atoms with Gasteiger partial charge in [0.2, 0.25) is 0 Å². The minimum absolute atomic E-state index is 0.341. The van der Waals surface area contributed by atoms with Crippen LogP contribution in [0.5, 0.6) is 0 Å². The monoisotopic (exact) mass is 284 g/mol. The highest BCUT2D eigenvalue weighted by Crippen LogP contribution is 2.21. The summed E-state index contributed by atoms with van der Waals surface area (Å²) >= 11 is 0. The molecule has 0 unspecified atom stereocenters. The molecule has 0 aliphatic heterocycles. The first-order valence-corrected chi connectivity index (χ1v) is 6.13. The summed E-state index contributed by atoms with van der Waals surface area (Å²) in [4.78, 5) is 19.9. The Kier molecular flexibility index (Phi) is 3.11. The van der Waals surface area contributed by atoms with Crippen LogP contribution in [0.2, 0.25) is 0 Å². The number of fused-ring (bicyclic) bond motifs is 1. The Morgan fingerprint density at radius 3 is 2.86 bits per heavy atom. The van der Waals surface area contributed by atoms with Crippen molar-refractivity contribution in [3.63, 3.8) is 0 Å². The Labute approximate surface area is 119 Å². The Hall–Kier alpha value is -3.16. The zero-order valence-electron chi connectivity index (χ0n) is 11.1. The molecular weight excluding hydrogens is 272 g/mol. The number of nitrogens with zero attached hydrogens (tertiary/aromatic N) is 3. The lowest BCUT2D eigenvalue weighted by atomic mass is 10.2. The fourth-order valence-electron chi connectivity index (χ4n) is 1.86. The number of benzene rings is 1. The summed E-state index contributed by atoms with van der Waals surface area (Å²) in [6.07, 6.45) is 1.39. The first kappa shape index (κ1) is 12.9. The second kappa shape index (κ2) is 5.08. The third-order valence-electron chi connectivity index (χ3n) is 2.79. The minimum Gasteiger partial charge on any atom is -0.383 e. The molecule has 8 nitrogen and oxygen atoms in total. The molecule has 0 saturated heterocycles. The van der Waals surface area contributed by atoms with Crippen LogP contribution < -0.4 is 16.4 Å². The standard InChI is InChI=1S/C13H12N6O2/c1-7-4-11(19-21-7)18-13(20)17-8-2-3-10-9(5-8)12(14)16-6-15-10/h2-6H,1H3,(H2,14,15,16)(H2,17,18,19,20). The van der Waals surface area contributed by atoms with Gasteiger partial charge in [0.05, 0.1) is 5.52 Å². The molecule has 2 aromatic heterocycles. The second-order valence-electron chi connectivity index (χ2n) is 4.39. The summed E-state index contributed by atoms with van der Waals surface area (Å²) in [5.74, 6) is 1.31. The van der Waals surface area contributed by atoms with Crippen LogP contribution in [0.3, 0.4) is 0 Å². The number of aromatic nitrogens is 3. The maximum atomic E-state index is 11.8. The molecule has 0 fully saturated rings. The first-order valence-electron chi connectivity index (χ1n) is 6.13. The van der Waals surface area contributed by atoms with E-state index in [0.717, 1.165) is 0 Å². The molecule has 0 bridgehead atoms. The van der Waals surface area contributed by atoms with Crippen molar-refractivity contribution in [3.05, 3.63) is 36.4 Å². The van der Waals surface area contributed by atoms with Crippen LogP contribution in [-0.2, 0) is 0 Å². The molecule has 2 heterocycles. The van der Waals surface area contributed by atoms with E-state index in [2.05, 4.69) is 25.8 Å². The topological polar surface area (TPSA) is 119 Å². The average molecular weight is 284 g/mol. The van der Waals surface area contributed by atoms with Crippen molar-refractivity contribution in [2.45, 2.75) is 6.92 Å². The predicted molar refractivity (Wildman–Crippen MR) is 77.8 cm³/mol. The highest BCUT2D eigenvalue weighted by Gasteiger charge is 2.08. The zero-order valence-corrected chi connectivity index (χ0v) is 11.1. The lowest BCUT2D eigenvalue weighted by Gasteiger charge is -2.07. The number of hydrogen-bond donors (Lipinski definition) is 3. The molecule has 0 aliphatic rings. The third kappa shape index (κ3) is 2.73. The molecule has 0 spiro atoms. The lowest BCUT2D eigenvalue weighted by Crippen LogP contribution is -2.19. The molecule has 8 heteroatoms. The molecule has 4 N–H and O–H groups in total. The van der Waals surface area contributed by atoms with Gasteiger partial charge in [0.25, 0.3) is 0 Å². The molecule has 0 atom stereocenters. The van der Waals surface area contributed by atoms with E-state index in [1.165, 1.54) is 6.33 Å². The quantitative estimate of drug-likeness (QED) is 0.663. The first-order chi connectivity index (χ1) is 10.1. The van der Waals surface area contributed by atoms with Crippen molar-refractivity contribution < 1.29 is 9.32 Å². The molecular formula is C13H12N6O2. The van der Waals surface area contributed by atoms with Crippen LogP contribution in [-0.4, -0.2) is 21.2 Å². The Balaban J connectivity index is 1.78. The number of urea groups is 1. The molecule has 21 heavy (non-hydrogen) atoms. The Bertz CT molecular complexity index is 813. The molecule has 0 saturated carbocycles. The van der Waals surface area contributed by atoms with E-state index in [4.69, 9.17) is 10.3 Å². The van der Waals surface area contributed by atoms with E-state index in [0.29, 0.717) is 34.0 Å². The van der Waals surface area contributed by atoms with Crippen molar-refractivity contribution in [1.29, 1.82) is 0 Å². The van der Waals surface area contributed by atoms with E-state index in [9.17, 15) is 4.79 Å². The molecule has 0 aliphatic carbocycles. The van der Waals surface area contributed by atoms with E-state index >= 15 is 0 Å². The smallest absolute Gasteiger partial charge is 0.324 e. The third-order valence-corrected chi connectivity index (χ3v) is 2.79. The van der Waals surface area contributed by atoms with Gasteiger partial charge in [-0.05, 0) is 25.1 Å². The van der Waals surface area contributed by atoms with E-state index in [-0.39, 0.29) is 0 Å². The van der Waals surface area contributed by atoms with Gasteiger partial charge in [0, 0.05) is 17.1 Å². The van der Waals surface area contributed by atoms with Gasteiger partial charge in [-0.15, -0.1) is 0 Å². The SMILES string of the molecule is Cc1cc(NC(=O)Nc2ccc3ncnc(N)c3c2)no1. The van der Waals surface area contributed by atoms with Gasteiger partial charge in [-0.25, -0.2) is 14.8 Å². The second-order valence-corrected chi connectivity index (χ2v) is 4.39. The van der Waals surface area contributed by atoms with Gasteiger partial charge < -0.3 is 15.6 Å². The van der Waals surface area contributed by atoms with E-state index in [1.807, 2.05) is 0 Å². The van der Waals surface area contributed by atoms with Gasteiger partial charge in [0.15, 0.2) is 5.82 Å². The number of hydrogen-bond acceptors (Lipinski definition) is 6. The number of amides is 2. The van der Waals surface area contributed by atoms with Crippen LogP contribution >= 0.6 is 0 Å². The summed E-state index contributed by atoms with van der Waals surface area (Å²) in [5.41, 5.74) is 7.06. The molecule has 3 aromatic rings. The van der Waals surface area contributed by atoms with Crippen LogP contribution in [0.25, 0.3) is 10.9 Å². The number of anilines is 3. The molecule has 1 aromatic carbocycles. The summed E-state index contributed by atoms with van der Waals surface area (Å²) in [5, 5.41) is 9.58. The van der Waals surface area contributed by atoms with Crippen molar-refractivity contribution in [3.8, 4) is 0 Å². The maximum absolute atomic E-state index is 11.8. The van der Waals surface area contributed by atoms with E-state index in [1.54, 1.807) is 31.2 Å². The van der Waals surface area contributed by atoms with Crippen molar-refractivity contribution in [2.75, 3.05) is 16.4 Å². The summed E-state index contributed by atoms with van der Waals surface area (Å²) < 4.78 is 4.86. The number of nitrogens with two attached hydrogens (primary N) is 1. The van der Waals surface area contributed by atoms with Gasteiger partial charge in [-0.3, -0.25) is 5.32 Å². The fraction of sp³-hybridized carbons (Fsp3) is 0.0769. The van der Waals surface area contributed by atoms with Gasteiger partial charge >= 0.3 is 6.03 Å². The number of nitrogens with one attached hydrogen (secondary N) is 2. The van der Waals surface area contributed by atoms with E-state index < -0.39 is 6.03 Å². The largest absolute Gasteiger partial charge is 0.383 e. The fourth-order valence-corrected chi connectivity index (χ4v) is 1.86. The Morgan fingerprint density at radius 1 is 1.24 bits per heavy atom. The van der Waals surface area contributed by atoms with Crippen LogP contribution in [0.4, 0.5) is 22.1 Å².